The van der Waals surface area contributed by atoms with Crippen LogP contribution >= 0.6 is 0 Å². The summed E-state index contributed by atoms with van der Waals surface area (Å²) in [5.74, 6) is 2.58. The van der Waals surface area contributed by atoms with Gasteiger partial charge in [-0.05, 0) is 18.3 Å². The Morgan fingerprint density at radius 2 is 2.20 bits per heavy atom. The highest BCUT2D eigenvalue weighted by Gasteiger charge is 2.35. The molecule has 0 spiro atoms. The van der Waals surface area contributed by atoms with Gasteiger partial charge in [0.05, 0.1) is 6.54 Å². The van der Waals surface area contributed by atoms with E-state index in [1.165, 1.54) is 12.8 Å². The topological polar surface area (TPSA) is 12.0 Å². The zero-order chi connectivity index (χ0) is 7.61. The zero-order valence-corrected chi connectivity index (χ0v) is 6.78. The largest absolute Gasteiger partial charge is 0.303 e. The van der Waals surface area contributed by atoms with E-state index in [1.807, 2.05) is 0 Å². The molecule has 1 nitrogen and oxygen atoms in total. The SMILES string of the molecule is C#CCNC1CC(C)(C)C1. The van der Waals surface area contributed by atoms with Gasteiger partial charge in [0.1, 0.15) is 0 Å². The average molecular weight is 137 g/mol. The van der Waals surface area contributed by atoms with Gasteiger partial charge in [-0.1, -0.05) is 19.8 Å². The highest BCUT2D eigenvalue weighted by atomic mass is 14.9. The molecule has 1 N–H and O–H groups in total. The average Bonchev–Trinajstić information content (AvgIpc) is 1.78. The zero-order valence-electron chi connectivity index (χ0n) is 6.78. The van der Waals surface area contributed by atoms with Crippen LogP contribution in [0.4, 0.5) is 0 Å². The van der Waals surface area contributed by atoms with Gasteiger partial charge in [0.2, 0.25) is 0 Å². The molecule has 0 unspecified atom stereocenters. The van der Waals surface area contributed by atoms with Crippen molar-refractivity contribution in [3.8, 4) is 12.3 Å². The lowest BCUT2D eigenvalue weighted by Crippen LogP contribution is -2.45. The van der Waals surface area contributed by atoms with E-state index in [-0.39, 0.29) is 0 Å². The number of hydrogen-bond donors (Lipinski definition) is 1. The Balaban J connectivity index is 2.10. The lowest BCUT2D eigenvalue weighted by atomic mass is 9.68. The monoisotopic (exact) mass is 137 g/mol. The summed E-state index contributed by atoms with van der Waals surface area (Å²) in [7, 11) is 0. The fourth-order valence-corrected chi connectivity index (χ4v) is 1.62. The first-order valence-corrected chi connectivity index (χ1v) is 3.81. The standard InChI is InChI=1S/C9H15N/c1-4-5-10-8-6-9(2,3)7-8/h1,8,10H,5-7H2,2-3H3. The van der Waals surface area contributed by atoms with Gasteiger partial charge < -0.3 is 5.32 Å². The van der Waals surface area contributed by atoms with E-state index in [4.69, 9.17) is 6.42 Å². The summed E-state index contributed by atoms with van der Waals surface area (Å²) < 4.78 is 0. The number of rotatable bonds is 2. The van der Waals surface area contributed by atoms with Crippen LogP contribution in [0.15, 0.2) is 0 Å². The van der Waals surface area contributed by atoms with E-state index in [1.54, 1.807) is 0 Å². The molecule has 0 saturated heterocycles. The number of nitrogens with one attached hydrogen (secondary N) is 1. The van der Waals surface area contributed by atoms with Crippen LogP contribution in [0, 0.1) is 17.8 Å². The van der Waals surface area contributed by atoms with Crippen molar-refractivity contribution in [3.63, 3.8) is 0 Å². The van der Waals surface area contributed by atoms with Crippen molar-refractivity contribution in [1.82, 2.24) is 5.32 Å². The van der Waals surface area contributed by atoms with Crippen molar-refractivity contribution in [1.29, 1.82) is 0 Å². The van der Waals surface area contributed by atoms with Crippen molar-refractivity contribution in [2.45, 2.75) is 32.7 Å². The van der Waals surface area contributed by atoms with Gasteiger partial charge in [-0.2, -0.15) is 0 Å². The van der Waals surface area contributed by atoms with Gasteiger partial charge in [-0.25, -0.2) is 0 Å². The molecule has 56 valence electrons. The van der Waals surface area contributed by atoms with E-state index in [9.17, 15) is 0 Å². The Kier molecular flexibility index (Phi) is 2.01. The normalized spacial score (nSPS) is 23.3. The fourth-order valence-electron chi connectivity index (χ4n) is 1.62. The maximum absolute atomic E-state index is 5.11. The van der Waals surface area contributed by atoms with E-state index < -0.39 is 0 Å². The second-order valence-electron chi connectivity index (χ2n) is 3.85. The fraction of sp³-hybridized carbons (Fsp3) is 0.778. The van der Waals surface area contributed by atoms with Crippen molar-refractivity contribution in [2.24, 2.45) is 5.41 Å². The van der Waals surface area contributed by atoms with E-state index in [2.05, 4.69) is 25.1 Å². The summed E-state index contributed by atoms with van der Waals surface area (Å²) in [6.07, 6.45) is 7.66. The molecule has 0 aromatic rings. The van der Waals surface area contributed by atoms with Crippen molar-refractivity contribution in [2.75, 3.05) is 6.54 Å². The third kappa shape index (κ3) is 1.75. The van der Waals surface area contributed by atoms with E-state index >= 15 is 0 Å². The van der Waals surface area contributed by atoms with Gasteiger partial charge in [-0.15, -0.1) is 6.42 Å². The van der Waals surface area contributed by atoms with Crippen LogP contribution in [0.5, 0.6) is 0 Å². The Morgan fingerprint density at radius 1 is 1.60 bits per heavy atom. The summed E-state index contributed by atoms with van der Waals surface area (Å²) in [4.78, 5) is 0. The van der Waals surface area contributed by atoms with E-state index in [0.717, 1.165) is 6.54 Å². The minimum absolute atomic E-state index is 0.562. The Bertz CT molecular complexity index is 145. The third-order valence-corrected chi connectivity index (χ3v) is 2.09. The molecule has 0 aliphatic heterocycles. The first-order chi connectivity index (χ1) is 4.64. The summed E-state index contributed by atoms with van der Waals surface area (Å²) in [5, 5.41) is 3.29. The van der Waals surface area contributed by atoms with E-state index in [0.29, 0.717) is 11.5 Å². The Morgan fingerprint density at radius 3 is 2.60 bits per heavy atom. The second-order valence-corrected chi connectivity index (χ2v) is 3.85. The molecule has 0 aromatic heterocycles. The molecule has 0 atom stereocenters. The smallest absolute Gasteiger partial charge is 0.0575 e. The van der Waals surface area contributed by atoms with Crippen LogP contribution in [0.3, 0.4) is 0 Å². The molecule has 0 bridgehead atoms. The molecule has 1 rings (SSSR count). The van der Waals surface area contributed by atoms with Crippen LogP contribution < -0.4 is 5.32 Å². The van der Waals surface area contributed by atoms with Gasteiger partial charge in [-0.3, -0.25) is 0 Å². The molecule has 0 radical (unpaired) electrons. The summed E-state index contributed by atoms with van der Waals surface area (Å²) in [6, 6.07) is 0.686. The molecular formula is C9H15N. The number of hydrogen-bond acceptors (Lipinski definition) is 1. The molecule has 1 aliphatic rings. The molecule has 1 heteroatoms. The predicted octanol–water partition coefficient (Wildman–Crippen LogP) is 1.40. The maximum Gasteiger partial charge on any atom is 0.0575 e. The van der Waals surface area contributed by atoms with Gasteiger partial charge >= 0.3 is 0 Å². The molecule has 0 heterocycles. The first-order valence-electron chi connectivity index (χ1n) is 3.81. The van der Waals surface area contributed by atoms with Crippen LogP contribution in [-0.2, 0) is 0 Å². The number of terminal acetylenes is 1. The molecular weight excluding hydrogens is 122 g/mol. The van der Waals surface area contributed by atoms with Gasteiger partial charge in [0.25, 0.3) is 0 Å². The van der Waals surface area contributed by atoms with Crippen LogP contribution in [-0.4, -0.2) is 12.6 Å². The Hall–Kier alpha value is -0.480. The van der Waals surface area contributed by atoms with Gasteiger partial charge in [0, 0.05) is 6.04 Å². The summed E-state index contributed by atoms with van der Waals surface area (Å²) in [5.41, 5.74) is 0.562. The summed E-state index contributed by atoms with van der Waals surface area (Å²) >= 11 is 0. The van der Waals surface area contributed by atoms with Crippen LogP contribution in [0.1, 0.15) is 26.7 Å². The lowest BCUT2D eigenvalue weighted by Gasteiger charge is -2.42. The highest BCUT2D eigenvalue weighted by molar-refractivity contribution is 4.95. The van der Waals surface area contributed by atoms with Crippen molar-refractivity contribution < 1.29 is 0 Å². The molecule has 0 amide bonds. The van der Waals surface area contributed by atoms with Crippen LogP contribution in [0.2, 0.25) is 0 Å². The molecule has 10 heavy (non-hydrogen) atoms. The molecule has 1 saturated carbocycles. The molecule has 1 aliphatic carbocycles. The third-order valence-electron chi connectivity index (χ3n) is 2.09. The van der Waals surface area contributed by atoms with Crippen molar-refractivity contribution in [3.05, 3.63) is 0 Å². The minimum atomic E-state index is 0.562. The van der Waals surface area contributed by atoms with Crippen LogP contribution in [0.25, 0.3) is 0 Å². The maximum atomic E-state index is 5.11. The highest BCUT2D eigenvalue weighted by Crippen LogP contribution is 2.39. The first kappa shape index (κ1) is 7.63. The predicted molar refractivity (Wildman–Crippen MR) is 43.6 cm³/mol. The van der Waals surface area contributed by atoms with Crippen molar-refractivity contribution >= 4 is 0 Å². The lowest BCUT2D eigenvalue weighted by molar-refractivity contribution is 0.130. The van der Waals surface area contributed by atoms with Gasteiger partial charge in [0.15, 0.2) is 0 Å². The summed E-state index contributed by atoms with van der Waals surface area (Å²) in [6.45, 7) is 5.31. The molecule has 0 aromatic carbocycles. The quantitative estimate of drug-likeness (QED) is 0.567. The second kappa shape index (κ2) is 2.64. The molecule has 1 fully saturated rings. The minimum Gasteiger partial charge on any atom is -0.303 e. The Labute approximate surface area is 63.2 Å².